The standard InChI is InChI=1S/C19H20ClF2N3O/c20-17-13-15(3-6-18(17)22)23-8-7-19(26)25-11-9-24(10-12-25)16-4-1-14(21)2-5-16/h1-6,13,23H,7-12H2. The van der Waals surface area contributed by atoms with Crippen molar-refractivity contribution in [2.75, 3.05) is 42.9 Å². The summed E-state index contributed by atoms with van der Waals surface area (Å²) in [6.45, 7) is 3.17. The smallest absolute Gasteiger partial charge is 0.224 e. The van der Waals surface area contributed by atoms with Gasteiger partial charge in [-0.15, -0.1) is 0 Å². The van der Waals surface area contributed by atoms with Gasteiger partial charge in [0.25, 0.3) is 0 Å². The molecule has 3 rings (SSSR count). The highest BCUT2D eigenvalue weighted by molar-refractivity contribution is 6.31. The van der Waals surface area contributed by atoms with Crippen LogP contribution in [0.3, 0.4) is 0 Å². The summed E-state index contributed by atoms with van der Waals surface area (Å²) in [4.78, 5) is 16.3. The molecule has 1 aliphatic heterocycles. The molecule has 0 bridgehead atoms. The Balaban J connectivity index is 1.43. The number of halogens is 3. The van der Waals surface area contributed by atoms with Crippen LogP contribution in [-0.2, 0) is 4.79 Å². The van der Waals surface area contributed by atoms with Gasteiger partial charge in [0.2, 0.25) is 5.91 Å². The Morgan fingerprint density at radius 2 is 1.73 bits per heavy atom. The van der Waals surface area contributed by atoms with E-state index in [2.05, 4.69) is 10.2 Å². The molecule has 1 N–H and O–H groups in total. The second-order valence-electron chi connectivity index (χ2n) is 6.15. The Labute approximate surface area is 156 Å². The fourth-order valence-electron chi connectivity index (χ4n) is 2.94. The molecule has 138 valence electrons. The number of nitrogens with zero attached hydrogens (tertiary/aromatic N) is 2. The van der Waals surface area contributed by atoms with Gasteiger partial charge in [0, 0.05) is 50.5 Å². The number of carbonyl (C=O) groups is 1. The van der Waals surface area contributed by atoms with E-state index >= 15 is 0 Å². The van der Waals surface area contributed by atoms with Gasteiger partial charge in [0.15, 0.2) is 0 Å². The third-order valence-corrected chi connectivity index (χ3v) is 4.70. The number of piperazine rings is 1. The van der Waals surface area contributed by atoms with Crippen LogP contribution in [-0.4, -0.2) is 43.5 Å². The first-order valence-corrected chi connectivity index (χ1v) is 8.88. The SMILES string of the molecule is O=C(CCNc1ccc(F)c(Cl)c1)N1CCN(c2ccc(F)cc2)CC1. The first-order chi connectivity index (χ1) is 12.5. The Bertz CT molecular complexity index is 762. The maximum absolute atomic E-state index is 13.1. The highest BCUT2D eigenvalue weighted by atomic mass is 35.5. The quantitative estimate of drug-likeness (QED) is 0.859. The van der Waals surface area contributed by atoms with E-state index < -0.39 is 5.82 Å². The van der Waals surface area contributed by atoms with Crippen LogP contribution in [0.2, 0.25) is 5.02 Å². The molecule has 26 heavy (non-hydrogen) atoms. The van der Waals surface area contributed by atoms with Crippen molar-refractivity contribution in [3.8, 4) is 0 Å². The molecule has 0 saturated carbocycles. The van der Waals surface area contributed by atoms with Gasteiger partial charge in [-0.3, -0.25) is 4.79 Å². The zero-order valence-corrected chi connectivity index (χ0v) is 15.0. The fraction of sp³-hybridized carbons (Fsp3) is 0.316. The second-order valence-corrected chi connectivity index (χ2v) is 6.56. The Morgan fingerprint density at radius 1 is 1.04 bits per heavy atom. The van der Waals surface area contributed by atoms with Gasteiger partial charge in [0.05, 0.1) is 5.02 Å². The summed E-state index contributed by atoms with van der Waals surface area (Å²) < 4.78 is 26.1. The minimum Gasteiger partial charge on any atom is -0.384 e. The molecule has 0 radical (unpaired) electrons. The number of hydrogen-bond donors (Lipinski definition) is 1. The summed E-state index contributed by atoms with van der Waals surface area (Å²) in [6.07, 6.45) is 0.353. The number of nitrogens with one attached hydrogen (secondary N) is 1. The van der Waals surface area contributed by atoms with Crippen molar-refractivity contribution in [2.45, 2.75) is 6.42 Å². The molecule has 0 unspecified atom stereocenters. The van der Waals surface area contributed by atoms with Crippen LogP contribution in [0.15, 0.2) is 42.5 Å². The lowest BCUT2D eigenvalue weighted by Crippen LogP contribution is -2.49. The summed E-state index contributed by atoms with van der Waals surface area (Å²) in [7, 11) is 0. The molecule has 1 aliphatic rings. The van der Waals surface area contributed by atoms with Gasteiger partial charge in [0.1, 0.15) is 11.6 Å². The van der Waals surface area contributed by atoms with Crippen LogP contribution in [0.1, 0.15) is 6.42 Å². The lowest BCUT2D eigenvalue weighted by atomic mass is 10.2. The molecule has 0 spiro atoms. The summed E-state index contributed by atoms with van der Waals surface area (Å²) >= 11 is 5.73. The molecule has 2 aromatic carbocycles. The normalized spacial score (nSPS) is 14.4. The maximum Gasteiger partial charge on any atom is 0.224 e. The van der Waals surface area contributed by atoms with Crippen molar-refractivity contribution in [1.82, 2.24) is 4.90 Å². The van der Waals surface area contributed by atoms with E-state index in [4.69, 9.17) is 11.6 Å². The molecule has 7 heteroatoms. The Kier molecular flexibility index (Phi) is 5.93. The number of anilines is 2. The van der Waals surface area contributed by atoms with Gasteiger partial charge in [-0.05, 0) is 42.5 Å². The van der Waals surface area contributed by atoms with Crippen molar-refractivity contribution in [3.63, 3.8) is 0 Å². The third-order valence-electron chi connectivity index (χ3n) is 4.41. The molecular formula is C19H20ClF2N3O. The molecule has 0 atom stereocenters. The molecule has 4 nitrogen and oxygen atoms in total. The van der Waals surface area contributed by atoms with Crippen LogP contribution >= 0.6 is 11.6 Å². The number of amides is 1. The molecule has 1 heterocycles. The van der Waals surface area contributed by atoms with Crippen LogP contribution in [0.4, 0.5) is 20.2 Å². The first kappa shape index (κ1) is 18.5. The van der Waals surface area contributed by atoms with Crippen LogP contribution in [0.5, 0.6) is 0 Å². The van der Waals surface area contributed by atoms with Gasteiger partial charge in [-0.25, -0.2) is 8.78 Å². The zero-order valence-electron chi connectivity index (χ0n) is 14.2. The molecular weight excluding hydrogens is 360 g/mol. The fourth-order valence-corrected chi connectivity index (χ4v) is 3.12. The zero-order chi connectivity index (χ0) is 18.5. The van der Waals surface area contributed by atoms with Crippen molar-refractivity contribution < 1.29 is 13.6 Å². The number of hydrogen-bond acceptors (Lipinski definition) is 3. The van der Waals surface area contributed by atoms with E-state index in [1.165, 1.54) is 24.3 Å². The highest BCUT2D eigenvalue weighted by Crippen LogP contribution is 2.20. The van der Waals surface area contributed by atoms with Gasteiger partial charge >= 0.3 is 0 Å². The second kappa shape index (κ2) is 8.36. The average molecular weight is 380 g/mol. The van der Waals surface area contributed by atoms with E-state index in [-0.39, 0.29) is 16.7 Å². The number of rotatable bonds is 5. The van der Waals surface area contributed by atoms with Crippen molar-refractivity contribution in [3.05, 3.63) is 59.1 Å². The summed E-state index contributed by atoms with van der Waals surface area (Å²) in [5.74, 6) is -0.644. The maximum atomic E-state index is 13.1. The topological polar surface area (TPSA) is 35.6 Å². The largest absolute Gasteiger partial charge is 0.384 e. The predicted molar refractivity (Wildman–Crippen MR) is 99.7 cm³/mol. The first-order valence-electron chi connectivity index (χ1n) is 8.50. The summed E-state index contributed by atoms with van der Waals surface area (Å²) in [5.41, 5.74) is 1.65. The monoisotopic (exact) mass is 379 g/mol. The van der Waals surface area contributed by atoms with Crippen molar-refractivity contribution in [2.24, 2.45) is 0 Å². The van der Waals surface area contributed by atoms with Gasteiger partial charge in [-0.1, -0.05) is 11.6 Å². The summed E-state index contributed by atoms with van der Waals surface area (Å²) in [5, 5.41) is 3.13. The highest BCUT2D eigenvalue weighted by Gasteiger charge is 2.20. The molecule has 1 saturated heterocycles. The van der Waals surface area contributed by atoms with E-state index in [0.29, 0.717) is 31.7 Å². The molecule has 2 aromatic rings. The Morgan fingerprint density at radius 3 is 2.38 bits per heavy atom. The lowest BCUT2D eigenvalue weighted by molar-refractivity contribution is -0.131. The number of carbonyl (C=O) groups excluding carboxylic acids is 1. The van der Waals surface area contributed by atoms with E-state index in [1.807, 2.05) is 4.90 Å². The molecule has 1 amide bonds. The number of benzene rings is 2. The molecule has 0 aliphatic carbocycles. The third kappa shape index (κ3) is 4.64. The van der Waals surface area contributed by atoms with E-state index in [0.717, 1.165) is 18.8 Å². The Hall–Kier alpha value is -2.34. The van der Waals surface area contributed by atoms with Crippen molar-refractivity contribution >= 4 is 28.9 Å². The van der Waals surface area contributed by atoms with E-state index in [9.17, 15) is 13.6 Å². The minimum atomic E-state index is -0.465. The lowest BCUT2D eigenvalue weighted by Gasteiger charge is -2.36. The summed E-state index contributed by atoms with van der Waals surface area (Å²) in [6, 6.07) is 10.8. The average Bonchev–Trinajstić information content (AvgIpc) is 2.65. The van der Waals surface area contributed by atoms with Gasteiger partial charge < -0.3 is 15.1 Å². The van der Waals surface area contributed by atoms with Crippen LogP contribution in [0.25, 0.3) is 0 Å². The van der Waals surface area contributed by atoms with E-state index in [1.54, 1.807) is 18.2 Å². The molecule has 1 fully saturated rings. The van der Waals surface area contributed by atoms with Crippen LogP contribution in [0, 0.1) is 11.6 Å². The van der Waals surface area contributed by atoms with Crippen molar-refractivity contribution in [1.29, 1.82) is 0 Å². The van der Waals surface area contributed by atoms with Gasteiger partial charge in [-0.2, -0.15) is 0 Å². The minimum absolute atomic E-state index is 0.0539. The molecule has 0 aromatic heterocycles. The van der Waals surface area contributed by atoms with Crippen LogP contribution < -0.4 is 10.2 Å². The predicted octanol–water partition coefficient (Wildman–Crippen LogP) is 3.77.